The van der Waals surface area contributed by atoms with Gasteiger partial charge >= 0.3 is 34.0 Å². The van der Waals surface area contributed by atoms with Crippen molar-refractivity contribution in [2.24, 2.45) is 5.11 Å². The van der Waals surface area contributed by atoms with Gasteiger partial charge in [-0.1, -0.05) is 12.0 Å². The molecule has 6 atom stereocenters. The number of rotatable bonds is 11. The molecule has 2 heterocycles. The van der Waals surface area contributed by atoms with Crippen LogP contribution in [-0.4, -0.2) is 54.9 Å². The standard InChI is InChI=1S/C13H21F2N6O11P3/c1-3-17-33(24,25)13(14,15)34(26,27)32-35(28,29)30-6-9-8(19-20-16)4-10(31-9)21-5-7(2)11(22)18-12(21)23/h5,8-10H,3-4,6H2,1-2H3,(H,26,27)(H,28,29)(H2,17,24,25)(H,18,22,23)/t8-,9+,10+/m1/s1. The maximum Gasteiger partial charge on any atom is 0.479 e. The van der Waals surface area contributed by atoms with Gasteiger partial charge in [-0.3, -0.25) is 28.0 Å². The molecule has 0 aromatic carbocycles. The number of aromatic amines is 1. The lowest BCUT2D eigenvalue weighted by atomic mass is 10.1. The molecule has 2 rings (SSSR count). The zero-order chi connectivity index (χ0) is 26.8. The number of halogens is 2. The van der Waals surface area contributed by atoms with E-state index in [2.05, 4.69) is 18.9 Å². The number of ether oxygens (including phenoxy) is 1. The van der Waals surface area contributed by atoms with E-state index in [-0.39, 0.29) is 12.0 Å². The van der Waals surface area contributed by atoms with Crippen molar-refractivity contribution in [3.63, 3.8) is 0 Å². The summed E-state index contributed by atoms with van der Waals surface area (Å²) in [7, 11) is -18.2. The summed E-state index contributed by atoms with van der Waals surface area (Å²) in [6.45, 7) is 0.981. The lowest BCUT2D eigenvalue weighted by Gasteiger charge is -2.27. The Kier molecular flexibility index (Phi) is 9.02. The molecular weight excluding hydrogens is 547 g/mol. The molecule has 35 heavy (non-hydrogen) atoms. The predicted molar refractivity (Wildman–Crippen MR) is 113 cm³/mol. The fraction of sp³-hybridized carbons (Fsp3) is 0.692. The molecule has 198 valence electrons. The molecule has 1 aromatic heterocycles. The molecule has 17 nitrogen and oxygen atoms in total. The molecule has 1 aromatic rings. The van der Waals surface area contributed by atoms with E-state index < -0.39 is 71.1 Å². The van der Waals surface area contributed by atoms with Crippen molar-refractivity contribution in [3.8, 4) is 0 Å². The molecule has 1 saturated heterocycles. The highest BCUT2D eigenvalue weighted by Crippen LogP contribution is 2.77. The van der Waals surface area contributed by atoms with Crippen molar-refractivity contribution in [1.29, 1.82) is 0 Å². The second-order valence-corrected chi connectivity index (χ2v) is 12.9. The third-order valence-corrected chi connectivity index (χ3v) is 10.5. The summed E-state index contributed by atoms with van der Waals surface area (Å²) in [5.74, 6) is 0. The van der Waals surface area contributed by atoms with Gasteiger partial charge in [0.15, 0.2) is 0 Å². The predicted octanol–water partition coefficient (Wildman–Crippen LogP) is 1.48. The molecular formula is C13H21F2N6O11P3. The van der Waals surface area contributed by atoms with E-state index in [1.165, 1.54) is 12.0 Å². The van der Waals surface area contributed by atoms with E-state index in [0.717, 1.165) is 17.7 Å². The number of aromatic nitrogens is 2. The Labute approximate surface area is 194 Å². The maximum atomic E-state index is 14.1. The number of phosphoric acid groups is 1. The Hall–Kier alpha value is -1.74. The second-order valence-electron chi connectivity index (χ2n) is 7.08. The van der Waals surface area contributed by atoms with Crippen LogP contribution in [0.25, 0.3) is 10.4 Å². The van der Waals surface area contributed by atoms with Crippen LogP contribution in [0.3, 0.4) is 0 Å². The van der Waals surface area contributed by atoms with Crippen molar-refractivity contribution in [1.82, 2.24) is 14.6 Å². The number of hydrogen-bond acceptors (Lipinski definition) is 9. The molecule has 0 radical (unpaired) electrons. The van der Waals surface area contributed by atoms with Gasteiger partial charge in [-0.25, -0.2) is 18.8 Å². The first-order valence-electron chi connectivity index (χ1n) is 9.47. The molecule has 0 aliphatic carbocycles. The molecule has 5 N–H and O–H groups in total. The Balaban J connectivity index is 2.19. The number of phosphoric ester groups is 1. The monoisotopic (exact) mass is 568 g/mol. The smallest absolute Gasteiger partial charge is 0.352 e. The summed E-state index contributed by atoms with van der Waals surface area (Å²) in [5, 5.41) is -0.591. The van der Waals surface area contributed by atoms with E-state index in [0.29, 0.717) is 0 Å². The highest BCUT2D eigenvalue weighted by molar-refractivity contribution is 7.77. The van der Waals surface area contributed by atoms with Crippen LogP contribution in [-0.2, 0) is 27.3 Å². The SMILES string of the molecule is CCNP(=O)(O)C(F)(F)P(=O)(O)OP(=O)(O)OC[C@@H]1O[C@H](n2cc(C)c(=O)[nH]c2=O)C[C@H]1N=[N+]=[N-]. The first-order chi connectivity index (χ1) is 16.0. The van der Waals surface area contributed by atoms with Crippen LogP contribution in [0.4, 0.5) is 8.78 Å². The zero-order valence-corrected chi connectivity index (χ0v) is 20.6. The molecule has 3 unspecified atom stereocenters. The molecule has 0 spiro atoms. The normalized spacial score (nSPS) is 25.7. The fourth-order valence-corrected chi connectivity index (χ4v) is 7.45. The third-order valence-electron chi connectivity index (χ3n) is 4.55. The van der Waals surface area contributed by atoms with Crippen LogP contribution >= 0.6 is 22.9 Å². The first-order valence-corrected chi connectivity index (χ1v) is 14.2. The average Bonchev–Trinajstić information content (AvgIpc) is 3.11. The number of azide groups is 1. The lowest BCUT2D eigenvalue weighted by molar-refractivity contribution is -0.0268. The third kappa shape index (κ3) is 6.53. The van der Waals surface area contributed by atoms with Gasteiger partial charge in [0, 0.05) is 29.6 Å². The fourth-order valence-electron chi connectivity index (χ4n) is 2.88. The number of aryl methyl sites for hydroxylation is 1. The van der Waals surface area contributed by atoms with Crippen molar-refractivity contribution in [2.75, 3.05) is 13.2 Å². The number of alkyl halides is 2. The molecule has 1 fully saturated rings. The van der Waals surface area contributed by atoms with Crippen molar-refractivity contribution in [2.45, 2.75) is 44.0 Å². The van der Waals surface area contributed by atoms with E-state index >= 15 is 0 Å². The summed E-state index contributed by atoms with van der Waals surface area (Å²) < 4.78 is 78.3. The van der Waals surface area contributed by atoms with Crippen molar-refractivity contribution in [3.05, 3.63) is 43.0 Å². The average molecular weight is 568 g/mol. The van der Waals surface area contributed by atoms with Gasteiger partial charge in [0.25, 0.3) is 5.56 Å². The zero-order valence-electron chi connectivity index (χ0n) is 17.9. The van der Waals surface area contributed by atoms with Gasteiger partial charge < -0.3 is 19.4 Å². The van der Waals surface area contributed by atoms with Crippen LogP contribution in [0.2, 0.25) is 0 Å². The minimum Gasteiger partial charge on any atom is -0.352 e. The minimum absolute atomic E-state index is 0.125. The quantitative estimate of drug-likeness (QED) is 0.110. The summed E-state index contributed by atoms with van der Waals surface area (Å²) in [5.41, 5.74) is 7.31. The topological polar surface area (TPSA) is 255 Å². The molecule has 0 bridgehead atoms. The van der Waals surface area contributed by atoms with E-state index in [9.17, 15) is 46.7 Å². The summed E-state index contributed by atoms with van der Waals surface area (Å²) in [6, 6.07) is -1.14. The van der Waals surface area contributed by atoms with Gasteiger partial charge in [0.1, 0.15) is 6.23 Å². The molecule has 0 saturated carbocycles. The molecule has 0 amide bonds. The van der Waals surface area contributed by atoms with Crippen molar-refractivity contribution >= 4 is 22.9 Å². The highest BCUT2D eigenvalue weighted by atomic mass is 31.3. The van der Waals surface area contributed by atoms with E-state index in [4.69, 9.17) is 10.3 Å². The van der Waals surface area contributed by atoms with E-state index in [1.807, 2.05) is 4.98 Å². The van der Waals surface area contributed by atoms with Crippen LogP contribution < -0.4 is 16.3 Å². The minimum atomic E-state index is -6.58. The van der Waals surface area contributed by atoms with Gasteiger partial charge in [-0.2, -0.15) is 8.78 Å². The van der Waals surface area contributed by atoms with Crippen LogP contribution in [0.1, 0.15) is 25.1 Å². The first kappa shape index (κ1) is 29.5. The summed E-state index contributed by atoms with van der Waals surface area (Å²) >= 11 is 0. The Morgan fingerprint density at radius 2 is 2.00 bits per heavy atom. The summed E-state index contributed by atoms with van der Waals surface area (Å²) in [4.78, 5) is 56.6. The molecule has 1 aliphatic heterocycles. The highest BCUT2D eigenvalue weighted by Gasteiger charge is 2.66. The Morgan fingerprint density at radius 1 is 1.37 bits per heavy atom. The van der Waals surface area contributed by atoms with Gasteiger partial charge in [-0.05, 0) is 12.5 Å². The van der Waals surface area contributed by atoms with Gasteiger partial charge in [0.2, 0.25) is 0 Å². The van der Waals surface area contributed by atoms with Crippen LogP contribution in [0.5, 0.6) is 0 Å². The maximum absolute atomic E-state index is 14.1. The molecule has 1 aliphatic rings. The van der Waals surface area contributed by atoms with Gasteiger partial charge in [0.05, 0.1) is 18.8 Å². The summed E-state index contributed by atoms with van der Waals surface area (Å²) in [6.07, 6.45) is -1.59. The number of H-pyrrole nitrogens is 1. The van der Waals surface area contributed by atoms with Crippen LogP contribution in [0.15, 0.2) is 20.9 Å². The van der Waals surface area contributed by atoms with Gasteiger partial charge in [-0.15, -0.1) is 0 Å². The van der Waals surface area contributed by atoms with E-state index in [1.54, 1.807) is 0 Å². The molecule has 22 heteroatoms. The largest absolute Gasteiger partial charge is 0.479 e. The number of hydrogen-bond donors (Lipinski definition) is 5. The number of nitrogens with zero attached hydrogens (tertiary/aromatic N) is 4. The Bertz CT molecular complexity index is 1260. The van der Waals surface area contributed by atoms with Crippen molar-refractivity contribution < 1.29 is 50.7 Å². The second kappa shape index (κ2) is 10.7. The van der Waals surface area contributed by atoms with Crippen LogP contribution in [0, 0.1) is 6.92 Å². The Morgan fingerprint density at radius 3 is 2.57 bits per heavy atom. The number of nitrogens with one attached hydrogen (secondary N) is 2. The lowest BCUT2D eigenvalue weighted by Crippen LogP contribution is -2.33.